The van der Waals surface area contributed by atoms with Crippen LogP contribution < -0.4 is 21.3 Å². The Morgan fingerprint density at radius 1 is 0.816 bits per heavy atom. The van der Waals surface area contributed by atoms with Gasteiger partial charge in [-0.25, -0.2) is 4.79 Å². The molecule has 3 aromatic rings. The molecule has 0 saturated carbocycles. The lowest BCUT2D eigenvalue weighted by molar-refractivity contribution is -0.144. The van der Waals surface area contributed by atoms with Crippen molar-refractivity contribution < 1.29 is 39.0 Å². The van der Waals surface area contributed by atoms with E-state index >= 15 is 0 Å². The first kappa shape index (κ1) is 35.1. The number of hydrogen-bond donors (Lipinski definition) is 7. The van der Waals surface area contributed by atoms with Crippen molar-refractivity contribution in [3.05, 3.63) is 71.9 Å². The maximum atomic E-state index is 14.1. The lowest BCUT2D eigenvalue weighted by atomic mass is 10.0. The van der Waals surface area contributed by atoms with Crippen molar-refractivity contribution in [1.82, 2.24) is 31.2 Å². The van der Waals surface area contributed by atoms with Gasteiger partial charge in [-0.15, -0.1) is 0 Å². The van der Waals surface area contributed by atoms with Crippen LogP contribution in [0, 0.1) is 0 Å². The monoisotopic (exact) mass is 674 g/mol. The normalized spacial score (nSPS) is 19.1. The van der Waals surface area contributed by atoms with Crippen LogP contribution in [-0.4, -0.2) is 99.0 Å². The Hall–Kier alpha value is -5.24. The highest BCUT2D eigenvalue weighted by Gasteiger charge is 2.40. The Bertz CT molecular complexity index is 1670. The number of carboxylic acid groups (broad SMARTS) is 2. The molecule has 2 fully saturated rings. The van der Waals surface area contributed by atoms with Crippen molar-refractivity contribution in [1.29, 1.82) is 0 Å². The molecule has 0 spiro atoms. The number of amides is 4. The number of para-hydroxylation sites is 1. The zero-order valence-corrected chi connectivity index (χ0v) is 27.0. The highest BCUT2D eigenvalue weighted by molar-refractivity contribution is 5.96. The van der Waals surface area contributed by atoms with Gasteiger partial charge >= 0.3 is 11.9 Å². The lowest BCUT2D eigenvalue weighted by Gasteiger charge is -2.30. The fraction of sp³-hybridized carbons (Fsp3) is 0.429. The molecule has 2 aliphatic rings. The summed E-state index contributed by atoms with van der Waals surface area (Å²) in [5.41, 5.74) is 2.34. The molecule has 14 heteroatoms. The SMILES string of the molecule is O=C(O)CC[C@H](NC(=O)[C@H](Cc1c[nH]c2ccccc12)NC(=O)[C@@H]1CCCN1C(=O)[C@H](Cc1ccccc1)NC(=O)[C@@H]1CCCN1)C(=O)O. The summed E-state index contributed by atoms with van der Waals surface area (Å²) < 4.78 is 0. The van der Waals surface area contributed by atoms with Gasteiger partial charge in [-0.3, -0.25) is 24.0 Å². The first-order valence-corrected chi connectivity index (χ1v) is 16.6. The standard InChI is InChI=1S/C35H42N6O8/c42-30(43)15-14-26(35(48)49)38-32(45)27(19-22-20-37-24-11-5-4-10-23(22)24)39-33(46)29-13-7-17-41(29)34(47)28(18-21-8-2-1-3-9-21)40-31(44)25-12-6-16-36-25/h1-5,8-11,20,25-29,36-37H,6-7,12-19H2,(H,38,45)(H,39,46)(H,40,44)(H,42,43)(H,48,49)/t25-,26-,27-,28-,29-/m0/s1. The molecule has 260 valence electrons. The molecule has 5 atom stereocenters. The summed E-state index contributed by atoms with van der Waals surface area (Å²) in [4.78, 5) is 82.3. The van der Waals surface area contributed by atoms with Gasteiger partial charge in [0.1, 0.15) is 24.2 Å². The Balaban J connectivity index is 1.35. The molecule has 0 radical (unpaired) electrons. The van der Waals surface area contributed by atoms with E-state index in [1.165, 1.54) is 4.90 Å². The summed E-state index contributed by atoms with van der Waals surface area (Å²) in [6.45, 7) is 0.985. The number of carbonyl (C=O) groups excluding carboxylic acids is 4. The van der Waals surface area contributed by atoms with Crippen LogP contribution >= 0.6 is 0 Å². The van der Waals surface area contributed by atoms with Gasteiger partial charge in [-0.1, -0.05) is 48.5 Å². The number of rotatable bonds is 15. The quantitative estimate of drug-likeness (QED) is 0.123. The number of fused-ring (bicyclic) bond motifs is 1. The summed E-state index contributed by atoms with van der Waals surface area (Å²) in [6, 6.07) is 11.6. The van der Waals surface area contributed by atoms with Crippen LogP contribution in [0.5, 0.6) is 0 Å². The third-order valence-electron chi connectivity index (χ3n) is 9.11. The largest absolute Gasteiger partial charge is 0.481 e. The van der Waals surface area contributed by atoms with E-state index in [0.29, 0.717) is 31.4 Å². The number of aromatic amines is 1. The number of aliphatic carboxylic acids is 2. The molecule has 0 aliphatic carbocycles. The zero-order chi connectivity index (χ0) is 34.9. The smallest absolute Gasteiger partial charge is 0.326 e. The van der Waals surface area contributed by atoms with Crippen molar-refractivity contribution >= 4 is 46.5 Å². The van der Waals surface area contributed by atoms with Gasteiger partial charge < -0.3 is 41.4 Å². The van der Waals surface area contributed by atoms with Crippen molar-refractivity contribution in [2.75, 3.05) is 13.1 Å². The third-order valence-corrected chi connectivity index (χ3v) is 9.11. The minimum absolute atomic E-state index is 0.00536. The zero-order valence-electron chi connectivity index (χ0n) is 27.0. The highest BCUT2D eigenvalue weighted by atomic mass is 16.4. The van der Waals surface area contributed by atoms with Crippen LogP contribution in [0.2, 0.25) is 0 Å². The van der Waals surface area contributed by atoms with Crippen LogP contribution in [0.15, 0.2) is 60.8 Å². The Morgan fingerprint density at radius 2 is 1.55 bits per heavy atom. The second-order valence-corrected chi connectivity index (χ2v) is 12.5. The Labute approximate surface area is 283 Å². The van der Waals surface area contributed by atoms with Crippen LogP contribution in [0.3, 0.4) is 0 Å². The van der Waals surface area contributed by atoms with E-state index in [0.717, 1.165) is 22.9 Å². The average Bonchev–Trinajstić information content (AvgIpc) is 3.88. The summed E-state index contributed by atoms with van der Waals surface area (Å²) in [6.07, 6.45) is 3.46. The van der Waals surface area contributed by atoms with Crippen LogP contribution in [0.25, 0.3) is 10.9 Å². The molecule has 49 heavy (non-hydrogen) atoms. The minimum Gasteiger partial charge on any atom is -0.481 e. The van der Waals surface area contributed by atoms with E-state index in [4.69, 9.17) is 5.11 Å². The van der Waals surface area contributed by atoms with Gasteiger partial charge in [0.05, 0.1) is 6.04 Å². The molecule has 0 unspecified atom stereocenters. The number of carboxylic acids is 2. The fourth-order valence-electron chi connectivity index (χ4n) is 6.53. The molecule has 3 heterocycles. The van der Waals surface area contributed by atoms with Crippen LogP contribution in [0.4, 0.5) is 0 Å². The van der Waals surface area contributed by atoms with E-state index in [2.05, 4.69) is 26.3 Å². The molecular weight excluding hydrogens is 632 g/mol. The van der Waals surface area contributed by atoms with Gasteiger partial charge in [0.2, 0.25) is 23.6 Å². The van der Waals surface area contributed by atoms with Crippen molar-refractivity contribution in [2.24, 2.45) is 0 Å². The number of carbonyl (C=O) groups is 6. The highest BCUT2D eigenvalue weighted by Crippen LogP contribution is 2.22. The average molecular weight is 675 g/mol. The van der Waals surface area contributed by atoms with E-state index < -0.39 is 66.3 Å². The summed E-state index contributed by atoms with van der Waals surface area (Å²) >= 11 is 0. The van der Waals surface area contributed by atoms with Crippen molar-refractivity contribution in [3.63, 3.8) is 0 Å². The summed E-state index contributed by atoms with van der Waals surface area (Å²) in [5, 5.41) is 30.8. The van der Waals surface area contributed by atoms with Crippen molar-refractivity contribution in [3.8, 4) is 0 Å². The number of aromatic nitrogens is 1. The van der Waals surface area contributed by atoms with Crippen LogP contribution in [0.1, 0.15) is 49.7 Å². The summed E-state index contributed by atoms with van der Waals surface area (Å²) in [5.74, 6) is -4.70. The number of nitrogens with zero attached hydrogens (tertiary/aromatic N) is 1. The van der Waals surface area contributed by atoms with Gasteiger partial charge in [-0.05, 0) is 55.8 Å². The molecule has 0 bridgehead atoms. The first-order chi connectivity index (χ1) is 23.6. The topological polar surface area (TPSA) is 210 Å². The van der Waals surface area contributed by atoms with E-state index in [-0.39, 0.29) is 31.7 Å². The number of H-pyrrole nitrogens is 1. The molecule has 7 N–H and O–H groups in total. The van der Waals surface area contributed by atoms with E-state index in [1.54, 1.807) is 6.20 Å². The molecule has 14 nitrogen and oxygen atoms in total. The molecule has 2 saturated heterocycles. The number of benzene rings is 2. The molecule has 2 aromatic carbocycles. The molecule has 4 amide bonds. The molecule has 1 aromatic heterocycles. The van der Waals surface area contributed by atoms with E-state index in [9.17, 15) is 33.9 Å². The molecule has 5 rings (SSSR count). The predicted octanol–water partition coefficient (Wildman–Crippen LogP) is 1.10. The lowest BCUT2D eigenvalue weighted by Crippen LogP contribution is -2.58. The maximum Gasteiger partial charge on any atom is 0.326 e. The molecular formula is C35H42N6O8. The van der Waals surface area contributed by atoms with E-state index in [1.807, 2.05) is 54.6 Å². The number of likely N-dealkylation sites (tertiary alicyclic amines) is 1. The third kappa shape index (κ3) is 9.02. The predicted molar refractivity (Wildman–Crippen MR) is 178 cm³/mol. The van der Waals surface area contributed by atoms with Gasteiger partial charge in [0.25, 0.3) is 0 Å². The fourth-order valence-corrected chi connectivity index (χ4v) is 6.53. The number of hydrogen-bond acceptors (Lipinski definition) is 7. The number of nitrogens with one attached hydrogen (secondary N) is 5. The maximum absolute atomic E-state index is 14.1. The van der Waals surface area contributed by atoms with Crippen molar-refractivity contribution in [2.45, 2.75) is 81.6 Å². The summed E-state index contributed by atoms with van der Waals surface area (Å²) in [7, 11) is 0. The Kier molecular flexibility index (Phi) is 11.6. The second-order valence-electron chi connectivity index (χ2n) is 12.5. The van der Waals surface area contributed by atoms with Gasteiger partial charge in [0.15, 0.2) is 0 Å². The van der Waals surface area contributed by atoms with Crippen LogP contribution in [-0.2, 0) is 41.6 Å². The second kappa shape index (κ2) is 16.2. The van der Waals surface area contributed by atoms with Gasteiger partial charge in [0, 0.05) is 42.9 Å². The minimum atomic E-state index is -1.49. The Morgan fingerprint density at radius 3 is 2.27 bits per heavy atom. The molecule has 2 aliphatic heterocycles. The van der Waals surface area contributed by atoms with Gasteiger partial charge in [-0.2, -0.15) is 0 Å². The first-order valence-electron chi connectivity index (χ1n) is 16.6.